The van der Waals surface area contributed by atoms with Crippen LogP contribution in [0.15, 0.2) is 10.9 Å². The largest absolute Gasteiger partial charge is 0.469 e. The Hall–Kier alpha value is -1.76. The minimum absolute atomic E-state index is 0.111. The van der Waals surface area contributed by atoms with Crippen molar-refractivity contribution in [3.63, 3.8) is 0 Å². The molecule has 0 saturated heterocycles. The summed E-state index contributed by atoms with van der Waals surface area (Å²) in [5.41, 5.74) is 4.37. The highest BCUT2D eigenvalue weighted by atomic mass is 19.3. The minimum Gasteiger partial charge on any atom is -0.469 e. The first-order valence-electron chi connectivity index (χ1n) is 4.79. The zero-order valence-electron chi connectivity index (χ0n) is 9.13. The third kappa shape index (κ3) is 3.10. The molecule has 7 heteroatoms. The summed E-state index contributed by atoms with van der Waals surface area (Å²) < 4.78 is 29.3. The standard InChI is InChI=1S/C10H12F2N2O3/c1-17-8(15)3-5-2-7(9(11)12)14-10(16)6(5)4-13/h2,9H,3-4,13H2,1H3,(H,14,16). The third-order valence-corrected chi connectivity index (χ3v) is 2.25. The predicted octanol–water partition coefficient (Wildman–Crippen LogP) is 0.487. The van der Waals surface area contributed by atoms with E-state index in [1.54, 1.807) is 0 Å². The Labute approximate surface area is 95.6 Å². The van der Waals surface area contributed by atoms with E-state index in [1.165, 1.54) is 7.11 Å². The van der Waals surface area contributed by atoms with Crippen molar-refractivity contribution >= 4 is 5.97 Å². The number of pyridine rings is 1. The van der Waals surface area contributed by atoms with Crippen LogP contribution in [0.3, 0.4) is 0 Å². The minimum atomic E-state index is -2.81. The number of aromatic amines is 1. The van der Waals surface area contributed by atoms with Crippen LogP contribution >= 0.6 is 0 Å². The lowest BCUT2D eigenvalue weighted by molar-refractivity contribution is -0.139. The van der Waals surface area contributed by atoms with Crippen LogP contribution in [0.2, 0.25) is 0 Å². The number of alkyl halides is 2. The third-order valence-electron chi connectivity index (χ3n) is 2.25. The number of nitrogens with two attached hydrogens (primary N) is 1. The molecule has 17 heavy (non-hydrogen) atoms. The topological polar surface area (TPSA) is 85.2 Å². The average Bonchev–Trinajstić information content (AvgIpc) is 2.28. The number of carbonyl (C=O) groups excluding carboxylic acids is 1. The molecule has 0 atom stereocenters. The molecule has 5 nitrogen and oxygen atoms in total. The lowest BCUT2D eigenvalue weighted by Crippen LogP contribution is -2.22. The van der Waals surface area contributed by atoms with Gasteiger partial charge in [-0.05, 0) is 11.6 Å². The van der Waals surface area contributed by atoms with Crippen LogP contribution in [0.25, 0.3) is 0 Å². The van der Waals surface area contributed by atoms with E-state index < -0.39 is 23.6 Å². The van der Waals surface area contributed by atoms with Crippen LogP contribution < -0.4 is 11.3 Å². The summed E-state index contributed by atoms with van der Waals surface area (Å²) in [6.07, 6.45) is -3.07. The number of aromatic nitrogens is 1. The first-order chi connectivity index (χ1) is 7.99. The van der Waals surface area contributed by atoms with E-state index in [-0.39, 0.29) is 24.1 Å². The van der Waals surface area contributed by atoms with Gasteiger partial charge in [-0.1, -0.05) is 0 Å². The van der Waals surface area contributed by atoms with Gasteiger partial charge >= 0.3 is 5.97 Å². The molecule has 1 heterocycles. The number of rotatable bonds is 4. The fourth-order valence-corrected chi connectivity index (χ4v) is 1.39. The van der Waals surface area contributed by atoms with Crippen molar-refractivity contribution < 1.29 is 18.3 Å². The Morgan fingerprint density at radius 3 is 2.71 bits per heavy atom. The molecule has 0 aliphatic rings. The number of halogens is 2. The molecule has 0 amide bonds. The van der Waals surface area contributed by atoms with Gasteiger partial charge in [0.1, 0.15) is 0 Å². The normalized spacial score (nSPS) is 10.6. The Balaban J connectivity index is 3.24. The van der Waals surface area contributed by atoms with Crippen LogP contribution in [-0.4, -0.2) is 18.1 Å². The second kappa shape index (κ2) is 5.53. The number of hydrogen-bond acceptors (Lipinski definition) is 4. The number of nitrogens with one attached hydrogen (secondary N) is 1. The lowest BCUT2D eigenvalue weighted by Gasteiger charge is -2.08. The summed E-state index contributed by atoms with van der Waals surface area (Å²) in [6, 6.07) is 1.06. The fourth-order valence-electron chi connectivity index (χ4n) is 1.39. The summed E-state index contributed by atoms with van der Waals surface area (Å²) >= 11 is 0. The van der Waals surface area contributed by atoms with E-state index in [0.717, 1.165) is 6.07 Å². The van der Waals surface area contributed by atoms with Crippen molar-refractivity contribution in [3.8, 4) is 0 Å². The summed E-state index contributed by atoms with van der Waals surface area (Å²) in [4.78, 5) is 24.5. The number of H-pyrrole nitrogens is 1. The maximum absolute atomic E-state index is 12.5. The Morgan fingerprint density at radius 2 is 2.24 bits per heavy atom. The number of esters is 1. The molecule has 0 radical (unpaired) electrons. The quantitative estimate of drug-likeness (QED) is 0.757. The van der Waals surface area contributed by atoms with E-state index in [2.05, 4.69) is 4.74 Å². The maximum atomic E-state index is 12.5. The van der Waals surface area contributed by atoms with Gasteiger partial charge in [-0.25, -0.2) is 8.78 Å². The molecule has 0 unspecified atom stereocenters. The molecule has 0 fully saturated rings. The molecule has 0 spiro atoms. The van der Waals surface area contributed by atoms with Gasteiger partial charge < -0.3 is 15.5 Å². The van der Waals surface area contributed by atoms with Crippen LogP contribution in [0, 0.1) is 0 Å². The number of hydrogen-bond donors (Lipinski definition) is 2. The number of carbonyl (C=O) groups is 1. The van der Waals surface area contributed by atoms with Crippen LogP contribution in [0.4, 0.5) is 8.78 Å². The summed E-state index contributed by atoms with van der Waals surface area (Å²) in [7, 11) is 1.17. The molecule has 94 valence electrons. The number of ether oxygens (including phenoxy) is 1. The molecule has 0 bridgehead atoms. The van der Waals surface area contributed by atoms with Crippen molar-refractivity contribution in [2.24, 2.45) is 5.73 Å². The van der Waals surface area contributed by atoms with E-state index in [9.17, 15) is 18.4 Å². The van der Waals surface area contributed by atoms with Gasteiger partial charge in [0.2, 0.25) is 0 Å². The summed E-state index contributed by atoms with van der Waals surface area (Å²) in [6.45, 7) is -0.134. The van der Waals surface area contributed by atoms with E-state index >= 15 is 0 Å². The first-order valence-corrected chi connectivity index (χ1v) is 4.79. The maximum Gasteiger partial charge on any atom is 0.309 e. The van der Waals surface area contributed by atoms with Gasteiger partial charge in [0.25, 0.3) is 12.0 Å². The van der Waals surface area contributed by atoms with Gasteiger partial charge in [-0.15, -0.1) is 0 Å². The van der Waals surface area contributed by atoms with Crippen molar-refractivity contribution in [3.05, 3.63) is 33.2 Å². The lowest BCUT2D eigenvalue weighted by atomic mass is 10.1. The van der Waals surface area contributed by atoms with Crippen LogP contribution in [-0.2, 0) is 22.5 Å². The van der Waals surface area contributed by atoms with Crippen molar-refractivity contribution in [2.45, 2.75) is 19.4 Å². The van der Waals surface area contributed by atoms with Crippen molar-refractivity contribution in [2.75, 3.05) is 7.11 Å². The van der Waals surface area contributed by atoms with Crippen LogP contribution in [0.5, 0.6) is 0 Å². The second-order valence-corrected chi connectivity index (χ2v) is 3.32. The summed E-state index contributed by atoms with van der Waals surface area (Å²) in [5.74, 6) is -0.620. The molecule has 0 saturated carbocycles. The molecule has 0 aromatic carbocycles. The van der Waals surface area contributed by atoms with Crippen molar-refractivity contribution in [1.82, 2.24) is 4.98 Å². The average molecular weight is 246 g/mol. The van der Waals surface area contributed by atoms with Crippen LogP contribution in [0.1, 0.15) is 23.2 Å². The summed E-state index contributed by atoms with van der Waals surface area (Å²) in [5, 5.41) is 0. The van der Waals surface area contributed by atoms with Gasteiger partial charge in [0.05, 0.1) is 19.2 Å². The van der Waals surface area contributed by atoms with Gasteiger partial charge in [-0.2, -0.15) is 0 Å². The Morgan fingerprint density at radius 1 is 1.59 bits per heavy atom. The molecule has 0 aliphatic carbocycles. The zero-order chi connectivity index (χ0) is 13.0. The molecule has 1 rings (SSSR count). The van der Waals surface area contributed by atoms with Crippen molar-refractivity contribution in [1.29, 1.82) is 0 Å². The monoisotopic (exact) mass is 246 g/mol. The highest BCUT2D eigenvalue weighted by Gasteiger charge is 2.16. The van der Waals surface area contributed by atoms with Gasteiger partial charge in [-0.3, -0.25) is 9.59 Å². The first kappa shape index (κ1) is 13.3. The Bertz CT molecular complexity index is 471. The smallest absolute Gasteiger partial charge is 0.309 e. The number of methoxy groups -OCH3 is 1. The van der Waals surface area contributed by atoms with E-state index in [4.69, 9.17) is 5.73 Å². The van der Waals surface area contributed by atoms with Gasteiger partial charge in [0.15, 0.2) is 0 Å². The van der Waals surface area contributed by atoms with E-state index in [1.807, 2.05) is 4.98 Å². The van der Waals surface area contributed by atoms with Gasteiger partial charge in [0, 0.05) is 12.1 Å². The highest BCUT2D eigenvalue weighted by Crippen LogP contribution is 2.17. The molecular weight excluding hydrogens is 234 g/mol. The molecule has 0 aliphatic heterocycles. The predicted molar refractivity (Wildman–Crippen MR) is 55.6 cm³/mol. The Kier molecular flexibility index (Phi) is 4.33. The van der Waals surface area contributed by atoms with E-state index in [0.29, 0.717) is 0 Å². The fraction of sp³-hybridized carbons (Fsp3) is 0.400. The molecular formula is C10H12F2N2O3. The molecule has 3 N–H and O–H groups in total. The molecule has 1 aromatic rings. The zero-order valence-corrected chi connectivity index (χ0v) is 9.13. The second-order valence-electron chi connectivity index (χ2n) is 3.32. The molecule has 1 aromatic heterocycles. The SMILES string of the molecule is COC(=O)Cc1cc(C(F)F)[nH]c(=O)c1CN. The highest BCUT2D eigenvalue weighted by molar-refractivity contribution is 5.72.